The van der Waals surface area contributed by atoms with Gasteiger partial charge in [0.2, 0.25) is 0 Å². The fraction of sp³-hybridized carbons (Fsp3) is 0.846. The van der Waals surface area contributed by atoms with Gasteiger partial charge < -0.3 is 10.6 Å². The number of hydrogen-bond donors (Lipinski definition) is 2. The van der Waals surface area contributed by atoms with Crippen LogP contribution < -0.4 is 10.6 Å². The summed E-state index contributed by atoms with van der Waals surface area (Å²) in [5.74, 6) is 0.828. The fourth-order valence-electron chi connectivity index (χ4n) is 2.45. The van der Waals surface area contributed by atoms with E-state index in [2.05, 4.69) is 30.7 Å². The molecule has 1 rings (SSSR count). The minimum absolute atomic E-state index is 0.657. The van der Waals surface area contributed by atoms with Gasteiger partial charge in [0.05, 0.1) is 0 Å². The van der Waals surface area contributed by atoms with Crippen LogP contribution in [0.2, 0.25) is 0 Å². The zero-order valence-corrected chi connectivity index (χ0v) is 10.5. The molecule has 2 nitrogen and oxygen atoms in total. The highest BCUT2D eigenvalue weighted by Gasteiger charge is 2.28. The van der Waals surface area contributed by atoms with Gasteiger partial charge in [-0.2, -0.15) is 0 Å². The molecule has 1 aliphatic rings. The topological polar surface area (TPSA) is 24.1 Å². The largest absolute Gasteiger partial charge is 0.320 e. The van der Waals surface area contributed by atoms with Gasteiger partial charge in [0.15, 0.2) is 0 Å². The van der Waals surface area contributed by atoms with Crippen LogP contribution in [-0.4, -0.2) is 26.7 Å². The van der Waals surface area contributed by atoms with Crippen LogP contribution in [-0.2, 0) is 0 Å². The Morgan fingerprint density at radius 2 is 2.00 bits per heavy atom. The number of rotatable bonds is 8. The zero-order valence-electron chi connectivity index (χ0n) is 10.5. The number of likely N-dealkylation sites (N-methyl/N-ethyl adjacent to an activating group) is 1. The molecule has 0 fully saturated rings. The predicted molar refractivity (Wildman–Crippen MR) is 67.1 cm³/mol. The Hall–Kier alpha value is -0.340. The molecule has 0 saturated heterocycles. The van der Waals surface area contributed by atoms with Gasteiger partial charge >= 0.3 is 0 Å². The molecular weight excluding hydrogens is 184 g/mol. The molecule has 0 aromatic rings. The zero-order chi connectivity index (χ0) is 11.1. The Morgan fingerprint density at radius 1 is 1.20 bits per heavy atom. The summed E-state index contributed by atoms with van der Waals surface area (Å²) in [6.07, 6.45) is 9.07. The summed E-state index contributed by atoms with van der Waals surface area (Å²) in [6.45, 7) is 3.43. The molecule has 1 aliphatic carbocycles. The Bertz CT molecular complexity index is 199. The highest BCUT2D eigenvalue weighted by Crippen LogP contribution is 2.33. The number of unbranched alkanes of at least 4 members (excludes halogenated alkanes) is 2. The molecule has 0 aromatic heterocycles. The van der Waals surface area contributed by atoms with Gasteiger partial charge in [-0.1, -0.05) is 31.4 Å². The maximum absolute atomic E-state index is 3.38. The van der Waals surface area contributed by atoms with Crippen molar-refractivity contribution in [2.75, 3.05) is 20.6 Å². The lowest BCUT2D eigenvalue weighted by Crippen LogP contribution is -2.40. The predicted octanol–water partition coefficient (Wildman–Crippen LogP) is 2.32. The molecule has 0 radical (unpaired) electrons. The molecule has 2 N–H and O–H groups in total. The molecule has 0 spiro atoms. The lowest BCUT2D eigenvalue weighted by molar-refractivity contribution is 0.380. The third-order valence-corrected chi connectivity index (χ3v) is 3.49. The normalized spacial score (nSPS) is 24.9. The van der Waals surface area contributed by atoms with Crippen molar-refractivity contribution in [1.29, 1.82) is 0 Å². The van der Waals surface area contributed by atoms with Crippen LogP contribution in [0.3, 0.4) is 0 Å². The maximum Gasteiger partial charge on any atom is 0.0315 e. The minimum Gasteiger partial charge on any atom is -0.320 e. The van der Waals surface area contributed by atoms with E-state index in [0.717, 1.165) is 12.5 Å². The van der Waals surface area contributed by atoms with Crippen LogP contribution in [0.15, 0.2) is 11.6 Å². The fourth-order valence-corrected chi connectivity index (χ4v) is 2.45. The van der Waals surface area contributed by atoms with E-state index in [1.54, 1.807) is 5.57 Å². The molecular formula is C13H26N2. The van der Waals surface area contributed by atoms with E-state index in [0.29, 0.717) is 6.04 Å². The third kappa shape index (κ3) is 3.62. The van der Waals surface area contributed by atoms with Crippen molar-refractivity contribution >= 4 is 0 Å². The van der Waals surface area contributed by atoms with Gasteiger partial charge in [-0.25, -0.2) is 0 Å². The van der Waals surface area contributed by atoms with Crippen molar-refractivity contribution in [3.8, 4) is 0 Å². The molecule has 2 atom stereocenters. The van der Waals surface area contributed by atoms with E-state index in [9.17, 15) is 0 Å². The smallest absolute Gasteiger partial charge is 0.0315 e. The first-order valence-corrected chi connectivity index (χ1v) is 6.36. The van der Waals surface area contributed by atoms with Crippen molar-refractivity contribution in [2.45, 2.75) is 45.1 Å². The van der Waals surface area contributed by atoms with Gasteiger partial charge in [0, 0.05) is 6.04 Å². The second-order valence-corrected chi connectivity index (χ2v) is 4.47. The van der Waals surface area contributed by atoms with Crippen LogP contribution in [0.5, 0.6) is 0 Å². The summed E-state index contributed by atoms with van der Waals surface area (Å²) in [5.41, 5.74) is 1.67. The van der Waals surface area contributed by atoms with E-state index in [1.807, 2.05) is 7.05 Å². The molecule has 15 heavy (non-hydrogen) atoms. The van der Waals surface area contributed by atoms with E-state index >= 15 is 0 Å². The maximum atomic E-state index is 3.38. The van der Waals surface area contributed by atoms with E-state index in [4.69, 9.17) is 0 Å². The summed E-state index contributed by atoms with van der Waals surface area (Å²) in [7, 11) is 4.10. The summed E-state index contributed by atoms with van der Waals surface area (Å²) < 4.78 is 0. The average Bonchev–Trinajstić information content (AvgIpc) is 2.23. The first-order valence-electron chi connectivity index (χ1n) is 6.36. The highest BCUT2D eigenvalue weighted by molar-refractivity contribution is 5.25. The monoisotopic (exact) mass is 210 g/mol. The molecule has 88 valence electrons. The van der Waals surface area contributed by atoms with E-state index in [-0.39, 0.29) is 0 Å². The Kier molecular flexibility index (Phi) is 5.96. The lowest BCUT2D eigenvalue weighted by atomic mass is 9.75. The Balaban J connectivity index is 2.12. The SMILES string of the molecule is CCC1=CC(NC)C1CCCCCNC. The van der Waals surface area contributed by atoms with Gasteiger partial charge in [-0.3, -0.25) is 0 Å². The lowest BCUT2D eigenvalue weighted by Gasteiger charge is -2.36. The van der Waals surface area contributed by atoms with Gasteiger partial charge in [-0.15, -0.1) is 0 Å². The van der Waals surface area contributed by atoms with Gasteiger partial charge in [0.25, 0.3) is 0 Å². The van der Waals surface area contributed by atoms with Crippen molar-refractivity contribution < 1.29 is 0 Å². The second-order valence-electron chi connectivity index (χ2n) is 4.47. The van der Waals surface area contributed by atoms with Crippen molar-refractivity contribution in [1.82, 2.24) is 10.6 Å². The quantitative estimate of drug-likeness (QED) is 0.474. The molecule has 2 unspecified atom stereocenters. The van der Waals surface area contributed by atoms with Crippen LogP contribution in [0, 0.1) is 5.92 Å². The second kappa shape index (κ2) is 7.02. The molecule has 0 aliphatic heterocycles. The first-order chi connectivity index (χ1) is 7.33. The van der Waals surface area contributed by atoms with E-state index < -0.39 is 0 Å². The highest BCUT2D eigenvalue weighted by atomic mass is 14.9. The Morgan fingerprint density at radius 3 is 2.60 bits per heavy atom. The van der Waals surface area contributed by atoms with Crippen molar-refractivity contribution in [3.63, 3.8) is 0 Å². The average molecular weight is 210 g/mol. The van der Waals surface area contributed by atoms with Gasteiger partial charge in [-0.05, 0) is 45.8 Å². The number of hydrogen-bond acceptors (Lipinski definition) is 2. The standard InChI is InChI=1S/C13H26N2/c1-4-11-10-13(15-3)12(11)8-6-5-7-9-14-2/h10,12-15H,4-9H2,1-3H3. The molecule has 0 aromatic carbocycles. The van der Waals surface area contributed by atoms with Crippen LogP contribution in [0.4, 0.5) is 0 Å². The van der Waals surface area contributed by atoms with Gasteiger partial charge in [0.1, 0.15) is 0 Å². The summed E-state index contributed by atoms with van der Waals surface area (Å²) in [5, 5.41) is 6.58. The molecule has 0 amide bonds. The minimum atomic E-state index is 0.657. The van der Waals surface area contributed by atoms with Crippen LogP contribution in [0.1, 0.15) is 39.0 Å². The van der Waals surface area contributed by atoms with E-state index in [1.165, 1.54) is 32.1 Å². The summed E-state index contributed by atoms with van der Waals surface area (Å²) in [6, 6.07) is 0.657. The summed E-state index contributed by atoms with van der Waals surface area (Å²) >= 11 is 0. The van der Waals surface area contributed by atoms with Crippen LogP contribution in [0.25, 0.3) is 0 Å². The first kappa shape index (κ1) is 12.7. The Labute approximate surface area is 94.5 Å². The molecule has 2 heteroatoms. The van der Waals surface area contributed by atoms with Crippen molar-refractivity contribution in [2.24, 2.45) is 5.92 Å². The third-order valence-electron chi connectivity index (χ3n) is 3.49. The molecule has 0 saturated carbocycles. The molecule has 0 bridgehead atoms. The van der Waals surface area contributed by atoms with Crippen molar-refractivity contribution in [3.05, 3.63) is 11.6 Å². The molecule has 0 heterocycles. The number of nitrogens with one attached hydrogen (secondary N) is 2. The van der Waals surface area contributed by atoms with Crippen LogP contribution >= 0.6 is 0 Å². The summed E-state index contributed by atoms with van der Waals surface area (Å²) in [4.78, 5) is 0.